The van der Waals surface area contributed by atoms with Crippen molar-refractivity contribution < 1.29 is 4.21 Å². The second-order valence-electron chi connectivity index (χ2n) is 1.74. The lowest BCUT2D eigenvalue weighted by molar-refractivity contribution is 0.595. The van der Waals surface area contributed by atoms with Gasteiger partial charge in [-0.05, 0) is 5.92 Å². The Hall–Kier alpha value is -0.420. The molecular formula is C5H7OS+. The second-order valence-corrected chi connectivity index (χ2v) is 2.93. The maximum Gasteiger partial charge on any atom is 0.478 e. The molecular weight excluding hydrogens is 108 g/mol. The minimum absolute atomic E-state index is 0.441. The number of hydrogen-bond donors (Lipinski definition) is 0. The van der Waals surface area contributed by atoms with Crippen molar-refractivity contribution in [2.24, 2.45) is 0 Å². The van der Waals surface area contributed by atoms with E-state index in [0.29, 0.717) is 11.7 Å². The fraction of sp³-hybridized carbons (Fsp3) is 0.600. The second kappa shape index (κ2) is 2.04. The summed E-state index contributed by atoms with van der Waals surface area (Å²) in [6.45, 7) is 3.43. The van der Waals surface area contributed by atoms with Crippen molar-refractivity contribution in [3.05, 3.63) is 0 Å². The normalized spacial score (nSPS) is 9.86. The van der Waals surface area contributed by atoms with Crippen LogP contribution in [0.5, 0.6) is 0 Å². The van der Waals surface area contributed by atoms with Crippen molar-refractivity contribution in [2.45, 2.75) is 18.6 Å². The Balaban J connectivity index is 3.91. The maximum absolute atomic E-state index is 9.96. The molecule has 1 nitrogen and oxygen atoms in total. The largest absolute Gasteiger partial charge is 0.478 e. The summed E-state index contributed by atoms with van der Waals surface area (Å²) >= 11 is 0.441. The fourth-order valence-electron chi connectivity index (χ4n) is 0.0241. The van der Waals surface area contributed by atoms with Gasteiger partial charge in [-0.2, -0.15) is 0 Å². The predicted octanol–water partition coefficient (Wildman–Crippen LogP) is 0.826. The van der Waals surface area contributed by atoms with Crippen molar-refractivity contribution in [1.82, 2.24) is 0 Å². The molecule has 0 unspecified atom stereocenters. The van der Waals surface area contributed by atoms with Crippen molar-refractivity contribution in [1.29, 1.82) is 0 Å². The number of hydrogen-bond acceptors (Lipinski definition) is 1. The van der Waals surface area contributed by atoms with Gasteiger partial charge in [0.25, 0.3) is 4.75 Å². The van der Waals surface area contributed by atoms with E-state index in [4.69, 9.17) is 6.42 Å². The zero-order valence-corrected chi connectivity index (χ0v) is 5.21. The maximum atomic E-state index is 9.96. The van der Waals surface area contributed by atoms with Crippen LogP contribution in [0.1, 0.15) is 13.8 Å². The summed E-state index contributed by atoms with van der Waals surface area (Å²) in [5.41, 5.74) is 0. The summed E-state index contributed by atoms with van der Waals surface area (Å²) < 4.78 is 9.43. The van der Waals surface area contributed by atoms with Crippen LogP contribution in [0.2, 0.25) is 0 Å². The van der Waals surface area contributed by atoms with Crippen LogP contribution in [-0.2, 0) is 15.9 Å². The summed E-state index contributed by atoms with van der Waals surface area (Å²) in [7, 11) is 0. The molecule has 0 atom stereocenters. The SMILES string of the molecule is C#CC(C)(C)[S+]=O. The van der Waals surface area contributed by atoms with Gasteiger partial charge in [-0.25, -0.2) is 0 Å². The third-order valence-electron chi connectivity index (χ3n) is 0.556. The Morgan fingerprint density at radius 3 is 2.14 bits per heavy atom. The van der Waals surface area contributed by atoms with Crippen LogP contribution >= 0.6 is 0 Å². The van der Waals surface area contributed by atoms with Crippen molar-refractivity contribution in [3.8, 4) is 12.3 Å². The van der Waals surface area contributed by atoms with Crippen LogP contribution in [0.25, 0.3) is 0 Å². The molecule has 0 fully saturated rings. The van der Waals surface area contributed by atoms with Gasteiger partial charge in [0.15, 0.2) is 0 Å². The molecule has 38 valence electrons. The van der Waals surface area contributed by atoms with Gasteiger partial charge in [0.1, 0.15) is 0 Å². The standard InChI is InChI=1S/C5H7OS/c1-4-5(2,3)7-6/h1H,2-3H3/q+1. The first kappa shape index (κ1) is 6.58. The van der Waals surface area contributed by atoms with E-state index >= 15 is 0 Å². The Kier molecular flexibility index (Phi) is 1.91. The molecule has 0 aromatic rings. The monoisotopic (exact) mass is 115 g/mol. The highest BCUT2D eigenvalue weighted by Crippen LogP contribution is 2.00. The van der Waals surface area contributed by atoms with Crippen LogP contribution in [0.15, 0.2) is 0 Å². The van der Waals surface area contributed by atoms with E-state index in [9.17, 15) is 4.21 Å². The van der Waals surface area contributed by atoms with Crippen LogP contribution < -0.4 is 0 Å². The molecule has 0 heterocycles. The molecule has 0 aliphatic rings. The summed E-state index contributed by atoms with van der Waals surface area (Å²) in [5.74, 6) is 2.34. The average molecular weight is 115 g/mol. The molecule has 0 amide bonds. The molecule has 0 aliphatic carbocycles. The zero-order valence-electron chi connectivity index (χ0n) is 4.39. The summed E-state index contributed by atoms with van der Waals surface area (Å²) in [6, 6.07) is 0. The molecule has 0 saturated carbocycles. The van der Waals surface area contributed by atoms with Gasteiger partial charge in [0, 0.05) is 18.1 Å². The highest BCUT2D eigenvalue weighted by atomic mass is 32.1. The van der Waals surface area contributed by atoms with E-state index in [2.05, 4.69) is 5.92 Å². The lowest BCUT2D eigenvalue weighted by Crippen LogP contribution is -2.13. The summed E-state index contributed by atoms with van der Waals surface area (Å²) in [6.07, 6.45) is 4.95. The van der Waals surface area contributed by atoms with E-state index in [1.54, 1.807) is 13.8 Å². The predicted molar refractivity (Wildman–Crippen MR) is 31.0 cm³/mol. The Labute approximate surface area is 47.6 Å². The first-order valence-electron chi connectivity index (χ1n) is 1.91. The van der Waals surface area contributed by atoms with Crippen LogP contribution in [0, 0.1) is 12.3 Å². The van der Waals surface area contributed by atoms with Crippen LogP contribution in [0.3, 0.4) is 0 Å². The minimum atomic E-state index is -0.528. The molecule has 0 rings (SSSR count). The Morgan fingerprint density at radius 2 is 2.14 bits per heavy atom. The van der Waals surface area contributed by atoms with Crippen molar-refractivity contribution in [3.63, 3.8) is 0 Å². The highest BCUT2D eigenvalue weighted by molar-refractivity contribution is 7.67. The van der Waals surface area contributed by atoms with Gasteiger partial charge < -0.3 is 0 Å². The third kappa shape index (κ3) is 2.30. The molecule has 0 bridgehead atoms. The molecule has 0 saturated heterocycles. The third-order valence-corrected chi connectivity index (χ3v) is 1.09. The quantitative estimate of drug-likeness (QED) is 0.365. The van der Waals surface area contributed by atoms with E-state index < -0.39 is 4.75 Å². The zero-order chi connectivity index (χ0) is 5.91. The molecule has 0 radical (unpaired) electrons. The van der Waals surface area contributed by atoms with Crippen molar-refractivity contribution >= 4 is 11.7 Å². The Morgan fingerprint density at radius 1 is 1.71 bits per heavy atom. The lowest BCUT2D eigenvalue weighted by atomic mass is 10.2. The van der Waals surface area contributed by atoms with E-state index in [1.807, 2.05) is 0 Å². The highest BCUT2D eigenvalue weighted by Gasteiger charge is 2.28. The molecule has 7 heavy (non-hydrogen) atoms. The topological polar surface area (TPSA) is 17.1 Å². The molecule has 0 aliphatic heterocycles. The molecule has 0 spiro atoms. The Bertz CT molecular complexity index is 110. The smallest absolute Gasteiger partial charge is 0.114 e. The summed E-state index contributed by atoms with van der Waals surface area (Å²) in [4.78, 5) is 0. The summed E-state index contributed by atoms with van der Waals surface area (Å²) in [5, 5.41) is 0. The van der Waals surface area contributed by atoms with Gasteiger partial charge >= 0.3 is 11.7 Å². The minimum Gasteiger partial charge on any atom is -0.114 e. The van der Waals surface area contributed by atoms with Gasteiger partial charge in [0.2, 0.25) is 0 Å². The molecule has 0 aromatic heterocycles. The first-order valence-corrected chi connectivity index (χ1v) is 2.65. The lowest BCUT2D eigenvalue weighted by Gasteiger charge is -1.86. The number of terminal acetylenes is 1. The van der Waals surface area contributed by atoms with Crippen molar-refractivity contribution in [2.75, 3.05) is 0 Å². The van der Waals surface area contributed by atoms with Crippen LogP contribution in [-0.4, -0.2) is 4.75 Å². The first-order chi connectivity index (χ1) is 3.12. The fourth-order valence-corrected chi connectivity index (χ4v) is 0.0722. The van der Waals surface area contributed by atoms with E-state index in [0.717, 1.165) is 0 Å². The van der Waals surface area contributed by atoms with Gasteiger partial charge in [-0.1, -0.05) is 0 Å². The van der Waals surface area contributed by atoms with E-state index in [1.165, 1.54) is 0 Å². The van der Waals surface area contributed by atoms with Crippen LogP contribution in [0.4, 0.5) is 0 Å². The molecule has 0 aromatic carbocycles. The van der Waals surface area contributed by atoms with Gasteiger partial charge in [-0.15, -0.1) is 6.42 Å². The van der Waals surface area contributed by atoms with Gasteiger partial charge in [-0.3, -0.25) is 0 Å². The van der Waals surface area contributed by atoms with E-state index in [-0.39, 0.29) is 0 Å². The molecule has 0 N–H and O–H groups in total. The molecule has 2 heteroatoms. The van der Waals surface area contributed by atoms with Gasteiger partial charge in [0.05, 0.1) is 0 Å². The average Bonchev–Trinajstić information content (AvgIpc) is 1.68. The number of rotatable bonds is 1.